The summed E-state index contributed by atoms with van der Waals surface area (Å²) in [6, 6.07) is 12.0. The molecule has 3 heteroatoms. The van der Waals surface area contributed by atoms with E-state index in [1.807, 2.05) is 43.4 Å². The van der Waals surface area contributed by atoms with Gasteiger partial charge in [-0.1, -0.05) is 30.3 Å². The highest BCUT2D eigenvalue weighted by Crippen LogP contribution is 2.16. The van der Waals surface area contributed by atoms with Crippen LogP contribution in [0.3, 0.4) is 0 Å². The molecule has 2 rings (SSSR count). The highest BCUT2D eigenvalue weighted by atomic mass is 16.5. The average molecular weight is 214 g/mol. The Bertz CT molecular complexity index is 443. The lowest BCUT2D eigenvalue weighted by Gasteiger charge is -2.07. The minimum Gasteiger partial charge on any atom is -0.487 e. The summed E-state index contributed by atoms with van der Waals surface area (Å²) < 4.78 is 5.63. The second kappa shape index (κ2) is 5.16. The first-order chi connectivity index (χ1) is 7.88. The van der Waals surface area contributed by atoms with Gasteiger partial charge in [0, 0.05) is 13.1 Å². The minimum absolute atomic E-state index is 0.565. The Balaban J connectivity index is 1.99. The molecule has 1 heterocycles. The number of benzene rings is 1. The van der Waals surface area contributed by atoms with Gasteiger partial charge in [0.05, 0.1) is 18.1 Å². The van der Waals surface area contributed by atoms with Crippen molar-refractivity contribution in [1.82, 2.24) is 4.98 Å². The Kier molecular flexibility index (Phi) is 3.38. The van der Waals surface area contributed by atoms with Crippen LogP contribution in [0.15, 0.2) is 48.8 Å². The predicted molar refractivity (Wildman–Crippen MR) is 64.6 cm³/mol. The SMILES string of the molecule is CNc1cncc(OCc2ccccc2)c1. The summed E-state index contributed by atoms with van der Waals surface area (Å²) in [5.74, 6) is 0.774. The molecule has 2 aromatic rings. The van der Waals surface area contributed by atoms with Crippen molar-refractivity contribution in [3.05, 3.63) is 54.4 Å². The van der Waals surface area contributed by atoms with Crippen LogP contribution in [0.1, 0.15) is 5.56 Å². The maximum absolute atomic E-state index is 5.63. The monoisotopic (exact) mass is 214 g/mol. The van der Waals surface area contributed by atoms with Crippen molar-refractivity contribution >= 4 is 5.69 Å². The van der Waals surface area contributed by atoms with Crippen LogP contribution in [0, 0.1) is 0 Å². The lowest BCUT2D eigenvalue weighted by Crippen LogP contribution is -1.96. The molecule has 0 radical (unpaired) electrons. The van der Waals surface area contributed by atoms with E-state index >= 15 is 0 Å². The Morgan fingerprint density at radius 3 is 2.75 bits per heavy atom. The Morgan fingerprint density at radius 2 is 2.00 bits per heavy atom. The second-order valence-corrected chi connectivity index (χ2v) is 3.43. The molecule has 0 spiro atoms. The summed E-state index contributed by atoms with van der Waals surface area (Å²) in [5, 5.41) is 3.02. The number of rotatable bonds is 4. The molecule has 1 aromatic carbocycles. The zero-order valence-corrected chi connectivity index (χ0v) is 9.18. The number of anilines is 1. The summed E-state index contributed by atoms with van der Waals surface area (Å²) in [6.45, 7) is 0.565. The second-order valence-electron chi connectivity index (χ2n) is 3.43. The fourth-order valence-corrected chi connectivity index (χ4v) is 1.38. The smallest absolute Gasteiger partial charge is 0.140 e. The molecule has 0 unspecified atom stereocenters. The molecule has 82 valence electrons. The van der Waals surface area contributed by atoms with Crippen molar-refractivity contribution in [2.24, 2.45) is 0 Å². The van der Waals surface area contributed by atoms with E-state index in [1.54, 1.807) is 12.4 Å². The van der Waals surface area contributed by atoms with Crippen molar-refractivity contribution in [2.75, 3.05) is 12.4 Å². The maximum Gasteiger partial charge on any atom is 0.140 e. The number of nitrogens with one attached hydrogen (secondary N) is 1. The Hall–Kier alpha value is -2.03. The third-order valence-corrected chi connectivity index (χ3v) is 2.25. The van der Waals surface area contributed by atoms with Crippen LogP contribution < -0.4 is 10.1 Å². The number of hydrogen-bond acceptors (Lipinski definition) is 3. The lowest BCUT2D eigenvalue weighted by atomic mass is 10.2. The van der Waals surface area contributed by atoms with Gasteiger partial charge in [0.2, 0.25) is 0 Å². The van der Waals surface area contributed by atoms with Crippen LogP contribution >= 0.6 is 0 Å². The third kappa shape index (κ3) is 2.73. The molecule has 0 aliphatic rings. The van der Waals surface area contributed by atoms with Crippen LogP contribution in [0.2, 0.25) is 0 Å². The number of aromatic nitrogens is 1. The first kappa shape index (κ1) is 10.5. The van der Waals surface area contributed by atoms with Crippen LogP contribution in [-0.2, 0) is 6.61 Å². The van der Waals surface area contributed by atoms with Crippen molar-refractivity contribution in [2.45, 2.75) is 6.61 Å². The number of hydrogen-bond donors (Lipinski definition) is 1. The summed E-state index contributed by atoms with van der Waals surface area (Å²) in [5.41, 5.74) is 2.10. The van der Waals surface area contributed by atoms with E-state index in [9.17, 15) is 0 Å². The number of ether oxygens (including phenoxy) is 1. The molecule has 0 bridgehead atoms. The summed E-state index contributed by atoms with van der Waals surface area (Å²) in [4.78, 5) is 4.08. The first-order valence-corrected chi connectivity index (χ1v) is 5.18. The predicted octanol–water partition coefficient (Wildman–Crippen LogP) is 2.70. The molecule has 1 N–H and O–H groups in total. The molecule has 0 aliphatic carbocycles. The average Bonchev–Trinajstić information content (AvgIpc) is 2.38. The summed E-state index contributed by atoms with van der Waals surface area (Å²) >= 11 is 0. The van der Waals surface area contributed by atoms with Gasteiger partial charge in [-0.25, -0.2) is 0 Å². The van der Waals surface area contributed by atoms with Crippen molar-refractivity contribution in [3.63, 3.8) is 0 Å². The molecule has 16 heavy (non-hydrogen) atoms. The van der Waals surface area contributed by atoms with Gasteiger partial charge in [0.25, 0.3) is 0 Å². The van der Waals surface area contributed by atoms with E-state index < -0.39 is 0 Å². The van der Waals surface area contributed by atoms with Gasteiger partial charge in [-0.3, -0.25) is 4.98 Å². The molecule has 0 aliphatic heterocycles. The van der Waals surface area contributed by atoms with E-state index in [2.05, 4.69) is 10.3 Å². The number of nitrogens with zero attached hydrogens (tertiary/aromatic N) is 1. The standard InChI is InChI=1S/C13H14N2O/c1-14-12-7-13(9-15-8-12)16-10-11-5-3-2-4-6-11/h2-9,14H,10H2,1H3. The summed E-state index contributed by atoms with van der Waals surface area (Å²) in [7, 11) is 1.86. The lowest BCUT2D eigenvalue weighted by molar-refractivity contribution is 0.305. The van der Waals surface area contributed by atoms with E-state index in [1.165, 1.54) is 0 Å². The van der Waals surface area contributed by atoms with Gasteiger partial charge < -0.3 is 10.1 Å². The van der Waals surface area contributed by atoms with Crippen LogP contribution in [0.4, 0.5) is 5.69 Å². The molecule has 0 saturated heterocycles. The van der Waals surface area contributed by atoms with E-state index in [-0.39, 0.29) is 0 Å². The first-order valence-electron chi connectivity index (χ1n) is 5.18. The maximum atomic E-state index is 5.63. The Labute approximate surface area is 95.1 Å². The van der Waals surface area contributed by atoms with Crippen molar-refractivity contribution < 1.29 is 4.74 Å². The zero-order valence-electron chi connectivity index (χ0n) is 9.18. The molecule has 1 aromatic heterocycles. The number of pyridine rings is 1. The minimum atomic E-state index is 0.565. The summed E-state index contributed by atoms with van der Waals surface area (Å²) in [6.07, 6.45) is 3.47. The highest BCUT2D eigenvalue weighted by molar-refractivity contribution is 5.44. The van der Waals surface area contributed by atoms with Crippen LogP contribution in [0.5, 0.6) is 5.75 Å². The topological polar surface area (TPSA) is 34.2 Å². The quantitative estimate of drug-likeness (QED) is 0.849. The molecule has 0 saturated carbocycles. The van der Waals surface area contributed by atoms with Crippen LogP contribution in [-0.4, -0.2) is 12.0 Å². The van der Waals surface area contributed by atoms with Crippen molar-refractivity contribution in [1.29, 1.82) is 0 Å². The molecule has 3 nitrogen and oxygen atoms in total. The largest absolute Gasteiger partial charge is 0.487 e. The Morgan fingerprint density at radius 1 is 1.19 bits per heavy atom. The van der Waals surface area contributed by atoms with Crippen molar-refractivity contribution in [3.8, 4) is 5.75 Å². The van der Waals surface area contributed by atoms with E-state index in [0.29, 0.717) is 6.61 Å². The van der Waals surface area contributed by atoms with Gasteiger partial charge in [-0.2, -0.15) is 0 Å². The van der Waals surface area contributed by atoms with Gasteiger partial charge in [0.15, 0.2) is 0 Å². The highest BCUT2D eigenvalue weighted by Gasteiger charge is 1.97. The van der Waals surface area contributed by atoms with E-state index in [0.717, 1.165) is 17.0 Å². The fourth-order valence-electron chi connectivity index (χ4n) is 1.38. The van der Waals surface area contributed by atoms with Gasteiger partial charge in [-0.15, -0.1) is 0 Å². The molecular weight excluding hydrogens is 200 g/mol. The molecule has 0 fully saturated rings. The van der Waals surface area contributed by atoms with Gasteiger partial charge in [-0.05, 0) is 5.56 Å². The zero-order chi connectivity index (χ0) is 11.2. The third-order valence-electron chi connectivity index (χ3n) is 2.25. The molecule has 0 amide bonds. The van der Waals surface area contributed by atoms with Gasteiger partial charge >= 0.3 is 0 Å². The van der Waals surface area contributed by atoms with Crippen LogP contribution in [0.25, 0.3) is 0 Å². The van der Waals surface area contributed by atoms with E-state index in [4.69, 9.17) is 4.74 Å². The molecular formula is C13H14N2O. The fraction of sp³-hybridized carbons (Fsp3) is 0.154. The van der Waals surface area contributed by atoms with Gasteiger partial charge in [0.1, 0.15) is 12.4 Å². The molecule has 0 atom stereocenters. The normalized spacial score (nSPS) is 9.81.